The van der Waals surface area contributed by atoms with Gasteiger partial charge < -0.3 is 5.73 Å². The summed E-state index contributed by atoms with van der Waals surface area (Å²) >= 11 is 0. The second-order valence-electron chi connectivity index (χ2n) is 3.77. The molecule has 1 aliphatic rings. The summed E-state index contributed by atoms with van der Waals surface area (Å²) in [6.07, 6.45) is 4.09. The lowest BCUT2D eigenvalue weighted by atomic mass is 9.98. The Labute approximate surface area is 75.9 Å². The third-order valence-electron chi connectivity index (χ3n) is 2.82. The van der Waals surface area contributed by atoms with E-state index < -0.39 is 0 Å². The predicted octanol–water partition coefficient (Wildman–Crippen LogP) is -0.164. The average molecular weight is 182 g/mol. The molecule has 1 aromatic heterocycles. The van der Waals surface area contributed by atoms with E-state index in [1.165, 1.54) is 4.57 Å². The van der Waals surface area contributed by atoms with Gasteiger partial charge in [-0.15, -0.1) is 0 Å². The highest BCUT2D eigenvalue weighted by molar-refractivity contribution is 5.07. The maximum atomic E-state index is 11.1. The van der Waals surface area contributed by atoms with Crippen LogP contribution in [0.3, 0.4) is 0 Å². The van der Waals surface area contributed by atoms with Crippen molar-refractivity contribution in [3.05, 3.63) is 16.3 Å². The molecule has 0 amide bonds. The van der Waals surface area contributed by atoms with Gasteiger partial charge in [0, 0.05) is 7.05 Å². The summed E-state index contributed by atoms with van der Waals surface area (Å²) in [6, 6.07) is 0. The summed E-state index contributed by atoms with van der Waals surface area (Å²) in [5, 5.41) is 6.39. The number of aromatic nitrogens is 3. The molecule has 13 heavy (non-hydrogen) atoms. The number of hydrogen-bond donors (Lipinski definition) is 2. The van der Waals surface area contributed by atoms with Crippen molar-refractivity contribution in [2.24, 2.45) is 12.8 Å². The van der Waals surface area contributed by atoms with Gasteiger partial charge in [0.2, 0.25) is 0 Å². The van der Waals surface area contributed by atoms with Crippen LogP contribution in [0.25, 0.3) is 0 Å². The third kappa shape index (κ3) is 1.19. The molecule has 0 radical (unpaired) electrons. The zero-order chi connectivity index (χ0) is 9.47. The topological polar surface area (TPSA) is 76.7 Å². The van der Waals surface area contributed by atoms with Gasteiger partial charge in [0.25, 0.3) is 0 Å². The fraction of sp³-hybridized carbons (Fsp3) is 0.750. The lowest BCUT2D eigenvalue weighted by Gasteiger charge is -2.21. The van der Waals surface area contributed by atoms with Gasteiger partial charge in [-0.05, 0) is 12.8 Å². The molecule has 1 aromatic rings. The predicted molar refractivity (Wildman–Crippen MR) is 48.2 cm³/mol. The van der Waals surface area contributed by atoms with Gasteiger partial charge in [0.15, 0.2) is 5.82 Å². The minimum atomic E-state index is -0.381. The summed E-state index contributed by atoms with van der Waals surface area (Å²) in [5.74, 6) is 0.690. The van der Waals surface area contributed by atoms with Gasteiger partial charge >= 0.3 is 5.69 Å². The standard InChI is InChI=1S/C8H14N4O/c1-12-6(10-11-7(12)13)8(9)4-2-3-5-8/h2-5,9H2,1H3,(H,11,13). The fourth-order valence-corrected chi connectivity index (χ4v) is 2.02. The van der Waals surface area contributed by atoms with E-state index in [2.05, 4.69) is 10.2 Å². The van der Waals surface area contributed by atoms with Gasteiger partial charge in [0.05, 0.1) is 5.54 Å². The molecule has 0 unspecified atom stereocenters. The first-order chi connectivity index (χ1) is 6.13. The van der Waals surface area contributed by atoms with Gasteiger partial charge in [0.1, 0.15) is 0 Å². The third-order valence-corrected chi connectivity index (χ3v) is 2.82. The number of aromatic amines is 1. The second-order valence-corrected chi connectivity index (χ2v) is 3.77. The Hall–Kier alpha value is -1.10. The van der Waals surface area contributed by atoms with E-state index in [9.17, 15) is 4.79 Å². The summed E-state index contributed by atoms with van der Waals surface area (Å²) in [4.78, 5) is 11.1. The van der Waals surface area contributed by atoms with Crippen molar-refractivity contribution in [2.45, 2.75) is 31.2 Å². The van der Waals surface area contributed by atoms with E-state index >= 15 is 0 Å². The molecular weight excluding hydrogens is 168 g/mol. The highest BCUT2D eigenvalue weighted by Gasteiger charge is 2.35. The normalized spacial score (nSPS) is 20.8. The summed E-state index contributed by atoms with van der Waals surface area (Å²) in [5.41, 5.74) is 5.58. The van der Waals surface area contributed by atoms with Crippen LogP contribution in [0.2, 0.25) is 0 Å². The lowest BCUT2D eigenvalue weighted by Crippen LogP contribution is -2.37. The lowest BCUT2D eigenvalue weighted by molar-refractivity contribution is 0.415. The van der Waals surface area contributed by atoms with Gasteiger partial charge in [-0.25, -0.2) is 9.89 Å². The van der Waals surface area contributed by atoms with Crippen LogP contribution in [0.5, 0.6) is 0 Å². The molecule has 5 nitrogen and oxygen atoms in total. The van der Waals surface area contributed by atoms with Crippen LogP contribution in [-0.4, -0.2) is 14.8 Å². The van der Waals surface area contributed by atoms with E-state index in [-0.39, 0.29) is 11.2 Å². The Morgan fingerprint density at radius 2 is 2.15 bits per heavy atom. The fourth-order valence-electron chi connectivity index (χ4n) is 2.02. The van der Waals surface area contributed by atoms with E-state index in [1.807, 2.05) is 0 Å². The van der Waals surface area contributed by atoms with Crippen molar-refractivity contribution >= 4 is 0 Å². The first kappa shape index (κ1) is 8.50. The van der Waals surface area contributed by atoms with Crippen molar-refractivity contribution in [3.8, 4) is 0 Å². The van der Waals surface area contributed by atoms with Crippen LogP contribution in [0, 0.1) is 0 Å². The molecule has 5 heteroatoms. The number of rotatable bonds is 1. The first-order valence-corrected chi connectivity index (χ1v) is 4.54. The number of hydrogen-bond acceptors (Lipinski definition) is 3. The molecule has 72 valence electrons. The molecule has 0 aromatic carbocycles. The highest BCUT2D eigenvalue weighted by atomic mass is 16.1. The molecular formula is C8H14N4O. The van der Waals surface area contributed by atoms with Crippen LogP contribution in [-0.2, 0) is 12.6 Å². The van der Waals surface area contributed by atoms with Crippen LogP contribution < -0.4 is 11.4 Å². The molecule has 0 bridgehead atoms. The van der Waals surface area contributed by atoms with E-state index in [0.29, 0.717) is 5.82 Å². The minimum absolute atomic E-state index is 0.188. The van der Waals surface area contributed by atoms with Crippen LogP contribution in [0.4, 0.5) is 0 Å². The summed E-state index contributed by atoms with van der Waals surface area (Å²) in [7, 11) is 1.70. The summed E-state index contributed by atoms with van der Waals surface area (Å²) in [6.45, 7) is 0. The van der Waals surface area contributed by atoms with Gasteiger partial charge in [-0.2, -0.15) is 5.10 Å². The maximum absolute atomic E-state index is 11.1. The Balaban J connectivity index is 2.44. The molecule has 0 spiro atoms. The van der Waals surface area contributed by atoms with Crippen molar-refractivity contribution in [1.29, 1.82) is 0 Å². The van der Waals surface area contributed by atoms with Crippen molar-refractivity contribution in [1.82, 2.24) is 14.8 Å². The van der Waals surface area contributed by atoms with Gasteiger partial charge in [-0.1, -0.05) is 12.8 Å². The van der Waals surface area contributed by atoms with Crippen molar-refractivity contribution in [3.63, 3.8) is 0 Å². The number of nitrogens with one attached hydrogen (secondary N) is 1. The zero-order valence-corrected chi connectivity index (χ0v) is 7.71. The molecule has 3 N–H and O–H groups in total. The van der Waals surface area contributed by atoms with E-state index in [0.717, 1.165) is 25.7 Å². The summed E-state index contributed by atoms with van der Waals surface area (Å²) < 4.78 is 1.51. The quantitative estimate of drug-likeness (QED) is 0.633. The molecule has 1 aliphatic carbocycles. The molecule has 1 heterocycles. The molecule has 2 rings (SSSR count). The van der Waals surface area contributed by atoms with Crippen molar-refractivity contribution < 1.29 is 0 Å². The average Bonchev–Trinajstić information content (AvgIpc) is 2.63. The number of nitrogens with zero attached hydrogens (tertiary/aromatic N) is 2. The Kier molecular flexibility index (Phi) is 1.76. The molecule has 0 saturated heterocycles. The first-order valence-electron chi connectivity index (χ1n) is 4.54. The SMILES string of the molecule is Cn1c(C2(N)CCCC2)n[nH]c1=O. The smallest absolute Gasteiger partial charge is 0.319 e. The highest BCUT2D eigenvalue weighted by Crippen LogP contribution is 2.34. The zero-order valence-electron chi connectivity index (χ0n) is 7.71. The Morgan fingerprint density at radius 1 is 1.54 bits per heavy atom. The molecule has 0 atom stereocenters. The van der Waals surface area contributed by atoms with Crippen molar-refractivity contribution in [2.75, 3.05) is 0 Å². The Bertz CT molecular complexity index is 358. The number of nitrogens with two attached hydrogens (primary N) is 1. The Morgan fingerprint density at radius 3 is 2.62 bits per heavy atom. The van der Waals surface area contributed by atoms with Gasteiger partial charge in [-0.3, -0.25) is 4.57 Å². The minimum Gasteiger partial charge on any atom is -0.319 e. The maximum Gasteiger partial charge on any atom is 0.343 e. The molecule has 0 aliphatic heterocycles. The molecule has 1 saturated carbocycles. The van der Waals surface area contributed by atoms with Crippen LogP contribution >= 0.6 is 0 Å². The van der Waals surface area contributed by atoms with E-state index in [4.69, 9.17) is 5.73 Å². The second kappa shape index (κ2) is 2.70. The van der Waals surface area contributed by atoms with E-state index in [1.54, 1.807) is 7.05 Å². The van der Waals surface area contributed by atoms with Crippen LogP contribution in [0.15, 0.2) is 4.79 Å². The monoisotopic (exact) mass is 182 g/mol. The largest absolute Gasteiger partial charge is 0.343 e. The van der Waals surface area contributed by atoms with Crippen LogP contribution in [0.1, 0.15) is 31.5 Å². The number of H-pyrrole nitrogens is 1. The molecule has 1 fully saturated rings.